The molecule has 2 saturated carbocycles. The number of hydrogen-bond acceptors (Lipinski definition) is 4. The highest BCUT2D eigenvalue weighted by molar-refractivity contribution is 9.12. The van der Waals surface area contributed by atoms with E-state index in [1.54, 1.807) is 0 Å². The van der Waals surface area contributed by atoms with Crippen LogP contribution in [-0.2, 0) is 19.1 Å². The van der Waals surface area contributed by atoms with Crippen LogP contribution in [0.1, 0.15) is 33.1 Å². The molecule has 4 rings (SSSR count). The molecule has 0 radical (unpaired) electrons. The number of carbonyl (C=O) groups excluding carboxylic acids is 2. The topological polar surface area (TPSA) is 55.9 Å². The second-order valence-electron chi connectivity index (χ2n) is 6.90. The molecule has 0 N–H and O–H groups in total. The van der Waals surface area contributed by atoms with Crippen molar-refractivity contribution in [3.05, 3.63) is 0 Å². The van der Waals surface area contributed by atoms with E-state index in [-0.39, 0.29) is 44.1 Å². The molecule has 0 amide bonds. The summed E-state index contributed by atoms with van der Waals surface area (Å²) in [7, 11) is 0. The second-order valence-corrected chi connectivity index (χ2v) is 9.72. The van der Waals surface area contributed by atoms with Gasteiger partial charge < -0.3 is 9.47 Å². The largest absolute Gasteiger partial charge is 0.455 e. The number of Topliss-reactive ketones (excluding diaryl/α,β-unsaturated/α-hetero) is 1. The average Bonchev–Trinajstić information content (AvgIpc) is 2.75. The van der Waals surface area contributed by atoms with Crippen molar-refractivity contribution in [2.75, 3.05) is 0 Å². The number of rotatable bonds is 0. The van der Waals surface area contributed by atoms with E-state index in [1.807, 2.05) is 0 Å². The minimum Gasteiger partial charge on any atom is -0.455 e. The number of halogens is 2. The summed E-state index contributed by atoms with van der Waals surface area (Å²) in [5.41, 5.74) is -0.462. The molecule has 6 heteroatoms. The fourth-order valence-electron chi connectivity index (χ4n) is 4.71. The highest BCUT2D eigenvalue weighted by Crippen LogP contribution is 2.71. The molecule has 0 aromatic carbocycles. The van der Waals surface area contributed by atoms with E-state index in [2.05, 4.69) is 45.7 Å². The number of carbonyl (C=O) groups is 2. The van der Waals surface area contributed by atoms with Crippen LogP contribution in [0.25, 0.3) is 0 Å². The molecule has 0 aromatic rings. The number of alkyl halides is 2. The van der Waals surface area contributed by atoms with Crippen molar-refractivity contribution >= 4 is 43.6 Å². The van der Waals surface area contributed by atoms with Crippen molar-refractivity contribution in [2.24, 2.45) is 11.8 Å². The Bertz CT molecular complexity index is 533. The van der Waals surface area contributed by atoms with Crippen LogP contribution in [0, 0.1) is 11.8 Å². The molecule has 2 saturated heterocycles. The Morgan fingerprint density at radius 1 is 1.30 bits per heavy atom. The van der Waals surface area contributed by atoms with Crippen LogP contribution in [-0.4, -0.2) is 38.2 Å². The molecular weight excluding hydrogens is 392 g/mol. The van der Waals surface area contributed by atoms with Crippen LogP contribution in [0.4, 0.5) is 0 Å². The van der Waals surface area contributed by atoms with Gasteiger partial charge in [0, 0.05) is 15.1 Å². The molecule has 110 valence electrons. The van der Waals surface area contributed by atoms with Crippen molar-refractivity contribution < 1.29 is 19.1 Å². The first-order chi connectivity index (χ1) is 9.23. The first kappa shape index (κ1) is 13.7. The van der Waals surface area contributed by atoms with Gasteiger partial charge >= 0.3 is 5.97 Å². The number of fused-ring (bicyclic) bond motifs is 2. The predicted molar refractivity (Wildman–Crippen MR) is 78.0 cm³/mol. The van der Waals surface area contributed by atoms with Crippen LogP contribution < -0.4 is 0 Å². The van der Waals surface area contributed by atoms with E-state index in [1.165, 1.54) is 0 Å². The Labute approximate surface area is 134 Å². The molecule has 4 aliphatic rings. The zero-order valence-corrected chi connectivity index (χ0v) is 14.5. The van der Waals surface area contributed by atoms with E-state index in [4.69, 9.17) is 9.47 Å². The standard InChI is InChI=1S/C14H16Br2O4/c1-12-4-3-6-8(17)11(18)19-9(6)10-13(2,16)7(15)5-14(10,12)20-12/h6-7,9-10H,3-5H2,1-2H3. The highest BCUT2D eigenvalue weighted by Gasteiger charge is 2.81. The Morgan fingerprint density at radius 2 is 2.00 bits per heavy atom. The van der Waals surface area contributed by atoms with Crippen LogP contribution in [0.15, 0.2) is 0 Å². The van der Waals surface area contributed by atoms with Gasteiger partial charge in [-0.05, 0) is 33.1 Å². The Kier molecular flexibility index (Phi) is 2.53. The van der Waals surface area contributed by atoms with Crippen molar-refractivity contribution in [3.63, 3.8) is 0 Å². The summed E-state index contributed by atoms with van der Waals surface area (Å²) >= 11 is 7.55. The fourth-order valence-corrected chi connectivity index (χ4v) is 6.27. The lowest BCUT2D eigenvalue weighted by Gasteiger charge is -2.34. The van der Waals surface area contributed by atoms with E-state index in [9.17, 15) is 9.59 Å². The molecule has 2 aliphatic carbocycles. The van der Waals surface area contributed by atoms with Crippen molar-refractivity contribution in [1.29, 1.82) is 0 Å². The molecule has 4 nitrogen and oxygen atoms in total. The third-order valence-electron chi connectivity index (χ3n) is 5.90. The van der Waals surface area contributed by atoms with Crippen LogP contribution in [0.3, 0.4) is 0 Å². The lowest BCUT2D eigenvalue weighted by molar-refractivity contribution is -0.150. The Balaban J connectivity index is 1.83. The molecule has 4 fully saturated rings. The molecule has 0 bridgehead atoms. The fraction of sp³-hybridized carbons (Fsp3) is 0.857. The van der Waals surface area contributed by atoms with Gasteiger partial charge in [0.05, 0.1) is 11.5 Å². The molecule has 1 spiro atoms. The third-order valence-corrected chi connectivity index (χ3v) is 8.84. The monoisotopic (exact) mass is 406 g/mol. The lowest BCUT2D eigenvalue weighted by Crippen LogP contribution is -2.45. The van der Waals surface area contributed by atoms with E-state index < -0.39 is 5.97 Å². The zero-order valence-electron chi connectivity index (χ0n) is 11.3. The average molecular weight is 408 g/mol. The lowest BCUT2D eigenvalue weighted by atomic mass is 9.78. The van der Waals surface area contributed by atoms with Gasteiger partial charge in [0.1, 0.15) is 11.7 Å². The van der Waals surface area contributed by atoms with Gasteiger partial charge in [-0.25, -0.2) is 4.79 Å². The van der Waals surface area contributed by atoms with E-state index >= 15 is 0 Å². The van der Waals surface area contributed by atoms with Crippen LogP contribution in [0.5, 0.6) is 0 Å². The summed E-state index contributed by atoms with van der Waals surface area (Å²) in [6.45, 7) is 4.23. The van der Waals surface area contributed by atoms with E-state index in [0.717, 1.165) is 12.8 Å². The second kappa shape index (κ2) is 3.69. The highest BCUT2D eigenvalue weighted by atomic mass is 79.9. The first-order valence-corrected chi connectivity index (χ1v) is 8.72. The summed E-state index contributed by atoms with van der Waals surface area (Å²) in [5.74, 6) is -1.31. The molecule has 20 heavy (non-hydrogen) atoms. The maximum atomic E-state index is 12.1. The smallest absolute Gasteiger partial charge is 0.375 e. The molecule has 2 heterocycles. The number of esters is 1. The summed E-state index contributed by atoms with van der Waals surface area (Å²) in [4.78, 5) is 24.0. The molecule has 7 unspecified atom stereocenters. The maximum absolute atomic E-state index is 12.1. The quantitative estimate of drug-likeness (QED) is 0.267. The summed E-state index contributed by atoms with van der Waals surface area (Å²) in [5, 5.41) is 0. The summed E-state index contributed by atoms with van der Waals surface area (Å²) in [6, 6.07) is 0. The molecule has 7 atom stereocenters. The minimum atomic E-state index is -0.666. The normalized spacial score (nSPS) is 60.4. The van der Waals surface area contributed by atoms with Crippen molar-refractivity contribution in [2.45, 2.75) is 59.6 Å². The van der Waals surface area contributed by atoms with Crippen LogP contribution in [0.2, 0.25) is 0 Å². The number of epoxide rings is 1. The minimum absolute atomic E-state index is 0.00674. The molecular formula is C14H16Br2O4. The number of ether oxygens (including phenoxy) is 2. The van der Waals surface area contributed by atoms with Gasteiger partial charge in [-0.1, -0.05) is 31.9 Å². The van der Waals surface area contributed by atoms with Gasteiger partial charge in [-0.3, -0.25) is 4.79 Å². The Morgan fingerprint density at radius 3 is 2.70 bits per heavy atom. The maximum Gasteiger partial charge on any atom is 0.375 e. The predicted octanol–water partition coefficient (Wildman–Crippen LogP) is 2.36. The van der Waals surface area contributed by atoms with Gasteiger partial charge in [-0.2, -0.15) is 0 Å². The van der Waals surface area contributed by atoms with Crippen molar-refractivity contribution in [1.82, 2.24) is 0 Å². The number of hydrogen-bond donors (Lipinski definition) is 0. The van der Waals surface area contributed by atoms with Gasteiger partial charge in [0.25, 0.3) is 0 Å². The Hall–Kier alpha value is 0.0600. The first-order valence-electron chi connectivity index (χ1n) is 7.01. The van der Waals surface area contributed by atoms with Gasteiger partial charge in [0.15, 0.2) is 0 Å². The summed E-state index contributed by atoms with van der Waals surface area (Å²) < 4.78 is 11.4. The van der Waals surface area contributed by atoms with Crippen molar-refractivity contribution in [3.8, 4) is 0 Å². The molecule has 2 aliphatic heterocycles. The third kappa shape index (κ3) is 1.36. The zero-order chi connectivity index (χ0) is 14.5. The van der Waals surface area contributed by atoms with Crippen LogP contribution >= 0.6 is 31.9 Å². The summed E-state index contributed by atoms with van der Waals surface area (Å²) in [6.07, 6.45) is 2.02. The molecule has 0 aromatic heterocycles. The van der Waals surface area contributed by atoms with Gasteiger partial charge in [0.2, 0.25) is 5.78 Å². The van der Waals surface area contributed by atoms with Gasteiger partial charge in [-0.15, -0.1) is 0 Å². The number of ketones is 1. The SMILES string of the molecule is CC1(Br)C(Br)CC23OC2(C)CCC2C(=O)C(=O)OC2C13. The van der Waals surface area contributed by atoms with E-state index in [0.29, 0.717) is 6.42 Å².